The Morgan fingerprint density at radius 2 is 1.93 bits per heavy atom. The first-order valence-electron chi connectivity index (χ1n) is 9.10. The number of para-hydroxylation sites is 1. The summed E-state index contributed by atoms with van der Waals surface area (Å²) in [5.41, 5.74) is 0.947. The van der Waals surface area contributed by atoms with Gasteiger partial charge in [-0.25, -0.2) is 14.0 Å². The standard InChI is InChI=1S/C21H19Cl2FN2O4/c1-3-29-20(27)18-16(11-30-17-7-5-4-6-15(17)24)26(2)21(28)25-19(18)12-8-9-13(22)14(23)10-12/h4-10,19H,3,11H2,1-2H3,(H,25,28)/t19-/m1/s1. The number of benzene rings is 2. The molecule has 0 aromatic heterocycles. The molecule has 0 spiro atoms. The molecule has 2 amide bonds. The predicted molar refractivity (Wildman–Crippen MR) is 111 cm³/mol. The fourth-order valence-electron chi connectivity index (χ4n) is 3.03. The van der Waals surface area contributed by atoms with Crippen molar-refractivity contribution in [1.29, 1.82) is 0 Å². The summed E-state index contributed by atoms with van der Waals surface area (Å²) in [6.45, 7) is 1.58. The quantitative estimate of drug-likeness (QED) is 0.643. The van der Waals surface area contributed by atoms with Crippen LogP contribution in [0, 0.1) is 5.82 Å². The molecular formula is C21H19Cl2FN2O4. The van der Waals surface area contributed by atoms with E-state index < -0.39 is 23.9 Å². The largest absolute Gasteiger partial charge is 0.484 e. The highest BCUT2D eigenvalue weighted by Gasteiger charge is 2.37. The first-order chi connectivity index (χ1) is 14.3. The van der Waals surface area contributed by atoms with Gasteiger partial charge in [-0.2, -0.15) is 0 Å². The van der Waals surface area contributed by atoms with Crippen LogP contribution >= 0.6 is 23.2 Å². The van der Waals surface area contributed by atoms with Gasteiger partial charge in [-0.3, -0.25) is 4.90 Å². The van der Waals surface area contributed by atoms with Gasteiger partial charge in [-0.15, -0.1) is 0 Å². The van der Waals surface area contributed by atoms with Crippen LogP contribution in [-0.4, -0.2) is 37.2 Å². The lowest BCUT2D eigenvalue weighted by Crippen LogP contribution is -2.48. The normalized spacial score (nSPS) is 16.4. The highest BCUT2D eigenvalue weighted by atomic mass is 35.5. The fourth-order valence-corrected chi connectivity index (χ4v) is 3.34. The smallest absolute Gasteiger partial charge is 0.338 e. The van der Waals surface area contributed by atoms with Crippen molar-refractivity contribution in [3.05, 3.63) is 75.2 Å². The monoisotopic (exact) mass is 452 g/mol. The second-order valence-electron chi connectivity index (χ2n) is 6.42. The molecule has 158 valence electrons. The van der Waals surface area contributed by atoms with E-state index in [-0.39, 0.29) is 35.3 Å². The topological polar surface area (TPSA) is 67.9 Å². The van der Waals surface area contributed by atoms with E-state index in [0.717, 1.165) is 0 Å². The van der Waals surface area contributed by atoms with Crippen LogP contribution in [0.4, 0.5) is 9.18 Å². The first kappa shape index (κ1) is 21.9. The number of esters is 1. The number of nitrogens with one attached hydrogen (secondary N) is 1. The predicted octanol–water partition coefficient (Wildman–Crippen LogP) is 4.72. The van der Waals surface area contributed by atoms with E-state index in [2.05, 4.69) is 5.32 Å². The van der Waals surface area contributed by atoms with Gasteiger partial charge in [0, 0.05) is 7.05 Å². The average Bonchev–Trinajstić information content (AvgIpc) is 2.72. The molecule has 0 radical (unpaired) electrons. The Hall–Kier alpha value is -2.77. The molecule has 0 saturated carbocycles. The zero-order chi connectivity index (χ0) is 21.8. The minimum atomic E-state index is -0.846. The second-order valence-corrected chi connectivity index (χ2v) is 7.23. The number of likely N-dealkylation sites (N-methyl/N-ethyl adjacent to an activating group) is 1. The van der Waals surface area contributed by atoms with Gasteiger partial charge in [-0.05, 0) is 36.8 Å². The lowest BCUT2D eigenvalue weighted by atomic mass is 9.94. The molecule has 0 unspecified atom stereocenters. The van der Waals surface area contributed by atoms with Gasteiger partial charge in [0.1, 0.15) is 6.61 Å². The van der Waals surface area contributed by atoms with E-state index in [1.54, 1.807) is 31.2 Å². The van der Waals surface area contributed by atoms with E-state index in [4.69, 9.17) is 32.7 Å². The minimum absolute atomic E-state index is 0.00122. The number of ether oxygens (including phenoxy) is 2. The highest BCUT2D eigenvalue weighted by molar-refractivity contribution is 6.42. The molecule has 0 aliphatic carbocycles. The summed E-state index contributed by atoms with van der Waals surface area (Å²) in [6.07, 6.45) is 0. The van der Waals surface area contributed by atoms with Crippen molar-refractivity contribution in [1.82, 2.24) is 10.2 Å². The van der Waals surface area contributed by atoms with Crippen LogP contribution in [-0.2, 0) is 9.53 Å². The van der Waals surface area contributed by atoms with Crippen molar-refractivity contribution in [3.63, 3.8) is 0 Å². The molecule has 6 nitrogen and oxygen atoms in total. The first-order valence-corrected chi connectivity index (χ1v) is 9.85. The summed E-state index contributed by atoms with van der Waals surface area (Å²) in [5.74, 6) is -1.19. The Bertz CT molecular complexity index is 1010. The molecule has 1 atom stereocenters. The molecule has 1 heterocycles. The zero-order valence-electron chi connectivity index (χ0n) is 16.2. The van der Waals surface area contributed by atoms with E-state index in [0.29, 0.717) is 10.6 Å². The molecule has 0 bridgehead atoms. The lowest BCUT2D eigenvalue weighted by molar-refractivity contribution is -0.139. The van der Waals surface area contributed by atoms with Crippen molar-refractivity contribution in [2.24, 2.45) is 0 Å². The van der Waals surface area contributed by atoms with Gasteiger partial charge in [0.25, 0.3) is 0 Å². The maximum absolute atomic E-state index is 14.0. The van der Waals surface area contributed by atoms with Gasteiger partial charge >= 0.3 is 12.0 Å². The maximum atomic E-state index is 14.0. The van der Waals surface area contributed by atoms with Crippen LogP contribution < -0.4 is 10.1 Å². The average molecular weight is 453 g/mol. The molecule has 1 aliphatic heterocycles. The number of rotatable bonds is 6. The van der Waals surface area contributed by atoms with Crippen LogP contribution in [0.15, 0.2) is 53.7 Å². The lowest BCUT2D eigenvalue weighted by Gasteiger charge is -2.34. The molecule has 2 aromatic carbocycles. The van der Waals surface area contributed by atoms with Crippen molar-refractivity contribution < 1.29 is 23.5 Å². The van der Waals surface area contributed by atoms with Crippen molar-refractivity contribution in [2.75, 3.05) is 20.3 Å². The van der Waals surface area contributed by atoms with Gasteiger partial charge in [0.2, 0.25) is 0 Å². The minimum Gasteiger partial charge on any atom is -0.484 e. The third-order valence-electron chi connectivity index (χ3n) is 4.55. The number of urea groups is 1. The third kappa shape index (κ3) is 4.52. The number of nitrogens with zero attached hydrogens (tertiary/aromatic N) is 1. The summed E-state index contributed by atoms with van der Waals surface area (Å²) in [6, 6.07) is 9.34. The van der Waals surface area contributed by atoms with E-state index in [9.17, 15) is 14.0 Å². The van der Waals surface area contributed by atoms with Crippen LogP contribution in [0.3, 0.4) is 0 Å². The Labute approximate surface area is 183 Å². The molecule has 2 aromatic rings. The number of amides is 2. The number of carbonyl (C=O) groups excluding carboxylic acids is 2. The number of hydrogen-bond donors (Lipinski definition) is 1. The molecular weight excluding hydrogens is 434 g/mol. The van der Waals surface area contributed by atoms with Crippen molar-refractivity contribution in [2.45, 2.75) is 13.0 Å². The van der Waals surface area contributed by atoms with E-state index >= 15 is 0 Å². The summed E-state index contributed by atoms with van der Waals surface area (Å²) in [4.78, 5) is 26.6. The third-order valence-corrected chi connectivity index (χ3v) is 5.29. The molecule has 0 saturated heterocycles. The Kier molecular flexibility index (Phi) is 6.84. The molecule has 30 heavy (non-hydrogen) atoms. The van der Waals surface area contributed by atoms with Gasteiger partial charge in [0.15, 0.2) is 11.6 Å². The molecule has 9 heteroatoms. The second kappa shape index (κ2) is 9.36. The number of carbonyl (C=O) groups is 2. The van der Waals surface area contributed by atoms with Crippen molar-refractivity contribution in [3.8, 4) is 5.75 Å². The molecule has 0 fully saturated rings. The molecule has 1 N–H and O–H groups in total. The van der Waals surface area contributed by atoms with Gasteiger partial charge in [0.05, 0.1) is 34.0 Å². The fraction of sp³-hybridized carbons (Fsp3) is 0.238. The van der Waals surface area contributed by atoms with Crippen molar-refractivity contribution >= 4 is 35.2 Å². The van der Waals surface area contributed by atoms with E-state index in [1.807, 2.05) is 0 Å². The number of hydrogen-bond acceptors (Lipinski definition) is 4. The molecule has 3 rings (SSSR count). The SMILES string of the molecule is CCOC(=O)C1=C(COc2ccccc2F)N(C)C(=O)N[C@@H]1c1ccc(Cl)c(Cl)c1. The summed E-state index contributed by atoms with van der Waals surface area (Å²) >= 11 is 12.1. The molecule has 1 aliphatic rings. The van der Waals surface area contributed by atoms with Crippen LogP contribution in [0.25, 0.3) is 0 Å². The summed E-state index contributed by atoms with van der Waals surface area (Å²) in [7, 11) is 1.49. The zero-order valence-corrected chi connectivity index (χ0v) is 17.8. The van der Waals surface area contributed by atoms with Crippen LogP contribution in [0.5, 0.6) is 5.75 Å². The highest BCUT2D eigenvalue weighted by Crippen LogP contribution is 2.34. The maximum Gasteiger partial charge on any atom is 0.338 e. The van der Waals surface area contributed by atoms with E-state index in [1.165, 1.54) is 30.1 Å². The summed E-state index contributed by atoms with van der Waals surface area (Å²) < 4.78 is 24.7. The van der Waals surface area contributed by atoms with Gasteiger partial charge < -0.3 is 14.8 Å². The van der Waals surface area contributed by atoms with Crippen LogP contribution in [0.1, 0.15) is 18.5 Å². The number of halogens is 3. The Balaban J connectivity index is 2.06. The Morgan fingerprint density at radius 1 is 1.20 bits per heavy atom. The Morgan fingerprint density at radius 3 is 2.60 bits per heavy atom. The van der Waals surface area contributed by atoms with Gasteiger partial charge in [-0.1, -0.05) is 41.4 Å². The van der Waals surface area contributed by atoms with Crippen LogP contribution in [0.2, 0.25) is 10.0 Å². The summed E-state index contributed by atoms with van der Waals surface area (Å²) in [5, 5.41) is 3.37.